The summed E-state index contributed by atoms with van der Waals surface area (Å²) in [5.74, 6) is 1.40. The summed E-state index contributed by atoms with van der Waals surface area (Å²) in [7, 11) is -1.80. The lowest BCUT2D eigenvalue weighted by Gasteiger charge is -2.15. The van der Waals surface area contributed by atoms with E-state index < -0.39 is 10.0 Å². The topological polar surface area (TPSA) is 89.4 Å². The fourth-order valence-corrected chi connectivity index (χ4v) is 4.69. The van der Waals surface area contributed by atoms with Crippen molar-refractivity contribution in [2.45, 2.75) is 24.3 Å². The molecule has 4 rings (SSSR count). The van der Waals surface area contributed by atoms with Gasteiger partial charge in [-0.05, 0) is 55.3 Å². The smallest absolute Gasteiger partial charge is 0.244 e. The molecule has 1 saturated heterocycles. The quantitative estimate of drug-likeness (QED) is 0.641. The van der Waals surface area contributed by atoms with Crippen molar-refractivity contribution in [3.63, 3.8) is 0 Å². The molecule has 0 saturated carbocycles. The lowest BCUT2D eigenvalue weighted by atomic mass is 10.3. The Bertz CT molecular complexity index is 1060. The Morgan fingerprint density at radius 3 is 2.48 bits per heavy atom. The van der Waals surface area contributed by atoms with E-state index in [1.165, 1.54) is 10.5 Å². The van der Waals surface area contributed by atoms with Gasteiger partial charge < -0.3 is 10.1 Å². The summed E-state index contributed by atoms with van der Waals surface area (Å²) >= 11 is 0. The van der Waals surface area contributed by atoms with Crippen LogP contribution in [0.25, 0.3) is 5.69 Å². The second kappa shape index (κ2) is 8.22. The molecule has 3 heterocycles. The van der Waals surface area contributed by atoms with E-state index in [9.17, 15) is 8.42 Å². The Kier molecular flexibility index (Phi) is 5.50. The molecule has 3 aromatic rings. The first-order chi connectivity index (χ1) is 14.1. The maximum atomic E-state index is 12.5. The molecule has 8 nitrogen and oxygen atoms in total. The van der Waals surface area contributed by atoms with Gasteiger partial charge in [-0.25, -0.2) is 18.1 Å². The van der Waals surface area contributed by atoms with Crippen molar-refractivity contribution in [3.05, 3.63) is 60.6 Å². The maximum Gasteiger partial charge on any atom is 0.244 e. The van der Waals surface area contributed by atoms with E-state index in [4.69, 9.17) is 4.74 Å². The van der Waals surface area contributed by atoms with Crippen LogP contribution in [-0.4, -0.2) is 47.7 Å². The standard InChI is InChI=1S/C20H23N5O3S/c1-28-18-6-4-17(5-7-18)25-13-10-16(23-25)14-21-20-9-8-19(15-22-20)29(26,27)24-11-2-3-12-24/h4-10,13,15H,2-3,11-12,14H2,1H3,(H,21,22). The fourth-order valence-electron chi connectivity index (χ4n) is 3.23. The molecule has 2 aromatic heterocycles. The summed E-state index contributed by atoms with van der Waals surface area (Å²) < 4.78 is 33.6. The molecule has 1 aliphatic rings. The molecule has 0 aliphatic carbocycles. The van der Waals surface area contributed by atoms with Gasteiger partial charge >= 0.3 is 0 Å². The van der Waals surface area contributed by atoms with Gasteiger partial charge in [0.2, 0.25) is 10.0 Å². The first-order valence-corrected chi connectivity index (χ1v) is 10.9. The van der Waals surface area contributed by atoms with Gasteiger partial charge in [-0.2, -0.15) is 9.40 Å². The maximum absolute atomic E-state index is 12.5. The van der Waals surface area contributed by atoms with Gasteiger partial charge in [0.05, 0.1) is 25.0 Å². The number of rotatable bonds is 7. The van der Waals surface area contributed by atoms with Crippen LogP contribution in [0.15, 0.2) is 59.8 Å². The van der Waals surface area contributed by atoms with Crippen LogP contribution in [-0.2, 0) is 16.6 Å². The van der Waals surface area contributed by atoms with Gasteiger partial charge in [-0.1, -0.05) is 0 Å². The molecule has 152 valence electrons. The molecule has 1 N–H and O–H groups in total. The number of nitrogens with one attached hydrogen (secondary N) is 1. The number of methoxy groups -OCH3 is 1. The molecule has 0 bridgehead atoms. The average molecular weight is 414 g/mol. The predicted molar refractivity (Wildman–Crippen MR) is 110 cm³/mol. The number of benzene rings is 1. The van der Waals surface area contributed by atoms with Gasteiger partial charge in [0.25, 0.3) is 0 Å². The van der Waals surface area contributed by atoms with Crippen molar-refractivity contribution < 1.29 is 13.2 Å². The first-order valence-electron chi connectivity index (χ1n) is 9.45. The molecule has 29 heavy (non-hydrogen) atoms. The summed E-state index contributed by atoms with van der Waals surface area (Å²) in [4.78, 5) is 4.48. The summed E-state index contributed by atoms with van der Waals surface area (Å²) in [5.41, 5.74) is 1.78. The van der Waals surface area contributed by atoms with E-state index in [-0.39, 0.29) is 4.90 Å². The number of nitrogens with zero attached hydrogens (tertiary/aromatic N) is 4. The van der Waals surface area contributed by atoms with E-state index in [2.05, 4.69) is 15.4 Å². The zero-order valence-corrected chi connectivity index (χ0v) is 17.0. The Hall–Kier alpha value is -2.91. The summed E-state index contributed by atoms with van der Waals surface area (Å²) in [6.45, 7) is 1.65. The van der Waals surface area contributed by atoms with E-state index in [1.807, 2.05) is 36.5 Å². The molecule has 1 aromatic carbocycles. The minimum absolute atomic E-state index is 0.230. The molecular formula is C20H23N5O3S. The molecule has 0 radical (unpaired) electrons. The van der Waals surface area contributed by atoms with E-state index in [1.54, 1.807) is 23.9 Å². The van der Waals surface area contributed by atoms with Gasteiger partial charge in [-0.3, -0.25) is 0 Å². The predicted octanol–water partition coefficient (Wildman–Crippen LogP) is 2.67. The van der Waals surface area contributed by atoms with Crippen molar-refractivity contribution in [1.29, 1.82) is 0 Å². The van der Waals surface area contributed by atoms with Crippen LogP contribution in [0.2, 0.25) is 0 Å². The molecule has 1 aliphatic heterocycles. The fraction of sp³-hybridized carbons (Fsp3) is 0.300. The SMILES string of the molecule is COc1ccc(-n2ccc(CNc3ccc(S(=O)(=O)N4CCCC4)cn3)n2)cc1. The third-order valence-corrected chi connectivity index (χ3v) is 6.75. The van der Waals surface area contributed by atoms with E-state index >= 15 is 0 Å². The number of hydrogen-bond donors (Lipinski definition) is 1. The number of hydrogen-bond acceptors (Lipinski definition) is 6. The second-order valence-electron chi connectivity index (χ2n) is 6.79. The van der Waals surface area contributed by atoms with Crippen LogP contribution in [0.4, 0.5) is 5.82 Å². The minimum Gasteiger partial charge on any atom is -0.497 e. The Morgan fingerprint density at radius 1 is 1.07 bits per heavy atom. The lowest BCUT2D eigenvalue weighted by molar-refractivity contribution is 0.414. The molecule has 0 atom stereocenters. The highest BCUT2D eigenvalue weighted by molar-refractivity contribution is 7.89. The summed E-state index contributed by atoms with van der Waals surface area (Å²) in [6, 6.07) is 12.8. The molecule has 1 fully saturated rings. The van der Waals surface area contributed by atoms with Gasteiger partial charge in [0, 0.05) is 25.5 Å². The van der Waals surface area contributed by atoms with Gasteiger partial charge in [-0.15, -0.1) is 0 Å². The molecule has 9 heteroatoms. The second-order valence-corrected chi connectivity index (χ2v) is 8.73. The summed E-state index contributed by atoms with van der Waals surface area (Å²) in [6.07, 6.45) is 5.12. The lowest BCUT2D eigenvalue weighted by Crippen LogP contribution is -2.27. The van der Waals surface area contributed by atoms with E-state index in [0.29, 0.717) is 25.5 Å². The highest BCUT2D eigenvalue weighted by atomic mass is 32.2. The number of anilines is 1. The number of aromatic nitrogens is 3. The van der Waals surface area contributed by atoms with Crippen LogP contribution < -0.4 is 10.1 Å². The zero-order valence-electron chi connectivity index (χ0n) is 16.2. The zero-order chi connectivity index (χ0) is 20.3. The van der Waals surface area contributed by atoms with Crippen molar-refractivity contribution >= 4 is 15.8 Å². The van der Waals surface area contributed by atoms with Gasteiger partial charge in [0.1, 0.15) is 16.5 Å². The van der Waals surface area contributed by atoms with Crippen molar-refractivity contribution in [1.82, 2.24) is 19.1 Å². The van der Waals surface area contributed by atoms with Crippen molar-refractivity contribution in [3.8, 4) is 11.4 Å². The van der Waals surface area contributed by atoms with Crippen molar-refractivity contribution in [2.24, 2.45) is 0 Å². The van der Waals surface area contributed by atoms with Crippen LogP contribution in [0.5, 0.6) is 5.75 Å². The van der Waals surface area contributed by atoms with E-state index in [0.717, 1.165) is 30.0 Å². The number of sulfonamides is 1. The molecule has 0 spiro atoms. The third kappa shape index (κ3) is 4.25. The Balaban J connectivity index is 1.38. The van der Waals surface area contributed by atoms with Crippen molar-refractivity contribution in [2.75, 3.05) is 25.5 Å². The average Bonchev–Trinajstić information content (AvgIpc) is 3.45. The third-order valence-electron chi connectivity index (χ3n) is 4.87. The molecular weight excluding hydrogens is 390 g/mol. The monoisotopic (exact) mass is 413 g/mol. The van der Waals surface area contributed by atoms with Crippen LogP contribution >= 0.6 is 0 Å². The highest BCUT2D eigenvalue weighted by Crippen LogP contribution is 2.21. The Morgan fingerprint density at radius 2 is 1.83 bits per heavy atom. The minimum atomic E-state index is -3.44. The number of ether oxygens (including phenoxy) is 1. The number of pyridine rings is 1. The Labute approximate surface area is 170 Å². The van der Waals surface area contributed by atoms with Crippen LogP contribution in [0.3, 0.4) is 0 Å². The first kappa shape index (κ1) is 19.4. The van der Waals surface area contributed by atoms with Gasteiger partial charge in [0.15, 0.2) is 0 Å². The normalized spacial score (nSPS) is 14.8. The largest absolute Gasteiger partial charge is 0.497 e. The highest BCUT2D eigenvalue weighted by Gasteiger charge is 2.27. The van der Waals surface area contributed by atoms with Crippen LogP contribution in [0.1, 0.15) is 18.5 Å². The van der Waals surface area contributed by atoms with Crippen LogP contribution in [0, 0.1) is 0 Å². The molecule has 0 unspecified atom stereocenters. The molecule has 0 amide bonds. The summed E-state index contributed by atoms with van der Waals surface area (Å²) in [5, 5.41) is 7.72.